The molecule has 0 unspecified atom stereocenters. The molecule has 6 nitrogen and oxygen atoms in total. The maximum atomic E-state index is 13.1. The van der Waals surface area contributed by atoms with Crippen LogP contribution in [0, 0.1) is 6.92 Å². The number of furan rings is 1. The number of ether oxygens (including phenoxy) is 1. The number of hydrogen-bond donors (Lipinski definition) is 2. The predicted octanol–water partition coefficient (Wildman–Crippen LogP) is 4.31. The predicted molar refractivity (Wildman–Crippen MR) is 125 cm³/mol. The van der Waals surface area contributed by atoms with Gasteiger partial charge in [0, 0.05) is 44.2 Å². The fourth-order valence-electron chi connectivity index (χ4n) is 4.03. The van der Waals surface area contributed by atoms with Gasteiger partial charge in [-0.2, -0.15) is 0 Å². The molecule has 0 saturated carbocycles. The lowest BCUT2D eigenvalue weighted by Gasteiger charge is -2.28. The maximum absolute atomic E-state index is 13.1. The Kier molecular flexibility index (Phi) is 6.96. The van der Waals surface area contributed by atoms with Gasteiger partial charge in [0.05, 0.1) is 11.1 Å². The number of rotatable bonds is 3. The van der Waals surface area contributed by atoms with Crippen molar-refractivity contribution in [3.05, 3.63) is 64.6 Å². The summed E-state index contributed by atoms with van der Waals surface area (Å²) in [5.41, 5.74) is 2.65. The molecule has 0 radical (unpaired) electrons. The summed E-state index contributed by atoms with van der Waals surface area (Å²) in [6.07, 6.45) is 1.63. The standard InChI is InChI=1S/C23H22N2O4.2ClH/c1-14-10-18(26)17(13-25-8-6-24-7-9-25)23-21(14)22(27)20(29-23)12-16-11-15-4-2-3-5-19(15)28-16;;/h2-5,10-12,24,26H,6-9,13H2,1H3;2*1H/b20-12-;;. The number of phenols is 1. The summed E-state index contributed by atoms with van der Waals surface area (Å²) in [6.45, 7) is 5.95. The third-order valence-electron chi connectivity index (χ3n) is 5.53. The number of Topliss-reactive ketones (excluding diaryl/α,β-unsaturated/α-hetero) is 1. The van der Waals surface area contributed by atoms with Gasteiger partial charge in [0.25, 0.3) is 0 Å². The fourth-order valence-corrected chi connectivity index (χ4v) is 4.03. The largest absolute Gasteiger partial charge is 0.507 e. The Morgan fingerprint density at radius 3 is 2.65 bits per heavy atom. The van der Waals surface area contributed by atoms with Crippen LogP contribution in [0.1, 0.15) is 27.2 Å². The molecule has 164 valence electrons. The summed E-state index contributed by atoms with van der Waals surface area (Å²) in [5.74, 6) is 1.23. The molecule has 0 bridgehead atoms. The Labute approximate surface area is 192 Å². The summed E-state index contributed by atoms with van der Waals surface area (Å²) in [6, 6.07) is 11.2. The van der Waals surface area contributed by atoms with Crippen LogP contribution < -0.4 is 10.1 Å². The number of carbonyl (C=O) groups excluding carboxylic acids is 1. The van der Waals surface area contributed by atoms with Gasteiger partial charge in [-0.25, -0.2) is 0 Å². The molecule has 8 heteroatoms. The van der Waals surface area contributed by atoms with Gasteiger partial charge in [-0.3, -0.25) is 9.69 Å². The third-order valence-corrected chi connectivity index (χ3v) is 5.53. The number of fused-ring (bicyclic) bond motifs is 2. The van der Waals surface area contributed by atoms with E-state index >= 15 is 0 Å². The second-order valence-corrected chi connectivity index (χ2v) is 7.55. The Morgan fingerprint density at radius 2 is 1.90 bits per heavy atom. The van der Waals surface area contributed by atoms with Gasteiger partial charge >= 0.3 is 0 Å². The number of piperazine rings is 1. The molecule has 1 aromatic heterocycles. The second kappa shape index (κ2) is 9.32. The van der Waals surface area contributed by atoms with Crippen molar-refractivity contribution >= 4 is 47.6 Å². The Hall–Kier alpha value is -2.51. The SMILES string of the molecule is Cc1cc(O)c(CN2CCNCC2)c2c1C(=O)/C(=C/c1cc3ccccc3o1)O2.Cl.Cl. The number of ketones is 1. The number of hydrogen-bond acceptors (Lipinski definition) is 6. The lowest BCUT2D eigenvalue weighted by molar-refractivity contribution is 0.101. The highest BCUT2D eigenvalue weighted by Crippen LogP contribution is 2.42. The van der Waals surface area contributed by atoms with Crippen LogP contribution in [0.15, 0.2) is 46.6 Å². The van der Waals surface area contributed by atoms with Crippen molar-refractivity contribution < 1.29 is 19.1 Å². The lowest BCUT2D eigenvalue weighted by atomic mass is 9.99. The first-order valence-electron chi connectivity index (χ1n) is 9.81. The van der Waals surface area contributed by atoms with E-state index in [2.05, 4.69) is 10.2 Å². The highest BCUT2D eigenvalue weighted by molar-refractivity contribution is 6.15. The molecule has 31 heavy (non-hydrogen) atoms. The molecular formula is C23H24Cl2N2O4. The monoisotopic (exact) mass is 462 g/mol. The number of nitrogens with zero attached hydrogens (tertiary/aromatic N) is 1. The van der Waals surface area contributed by atoms with Crippen molar-refractivity contribution in [2.75, 3.05) is 26.2 Å². The van der Waals surface area contributed by atoms with E-state index < -0.39 is 0 Å². The number of aryl methyl sites for hydroxylation is 1. The van der Waals surface area contributed by atoms with E-state index in [0.29, 0.717) is 34.7 Å². The van der Waals surface area contributed by atoms with E-state index in [0.717, 1.165) is 37.1 Å². The van der Waals surface area contributed by atoms with Crippen molar-refractivity contribution in [3.8, 4) is 11.5 Å². The van der Waals surface area contributed by atoms with Gasteiger partial charge < -0.3 is 19.6 Å². The number of allylic oxidation sites excluding steroid dienone is 1. The second-order valence-electron chi connectivity index (χ2n) is 7.55. The molecule has 3 aromatic rings. The Balaban J connectivity index is 0.00000136. The zero-order valence-corrected chi connectivity index (χ0v) is 18.6. The van der Waals surface area contributed by atoms with Crippen molar-refractivity contribution in [2.45, 2.75) is 13.5 Å². The van der Waals surface area contributed by atoms with Crippen LogP contribution in [0.25, 0.3) is 17.0 Å². The molecule has 3 heterocycles. The number of benzene rings is 2. The molecule has 0 aliphatic carbocycles. The van der Waals surface area contributed by atoms with Crippen LogP contribution in [0.3, 0.4) is 0 Å². The van der Waals surface area contributed by atoms with Crippen molar-refractivity contribution in [1.29, 1.82) is 0 Å². The molecule has 2 aliphatic heterocycles. The number of carbonyl (C=O) groups is 1. The summed E-state index contributed by atoms with van der Waals surface area (Å²) < 4.78 is 11.8. The summed E-state index contributed by atoms with van der Waals surface area (Å²) >= 11 is 0. The molecule has 1 saturated heterocycles. The zero-order valence-electron chi connectivity index (χ0n) is 17.0. The lowest BCUT2D eigenvalue weighted by Crippen LogP contribution is -2.42. The van der Waals surface area contributed by atoms with Crippen LogP contribution in [0.4, 0.5) is 0 Å². The minimum absolute atomic E-state index is 0. The average Bonchev–Trinajstić information content (AvgIpc) is 3.27. The smallest absolute Gasteiger partial charge is 0.232 e. The van der Waals surface area contributed by atoms with E-state index in [1.807, 2.05) is 37.3 Å². The van der Waals surface area contributed by atoms with E-state index in [4.69, 9.17) is 9.15 Å². The van der Waals surface area contributed by atoms with Crippen LogP contribution in [-0.2, 0) is 6.54 Å². The highest BCUT2D eigenvalue weighted by Gasteiger charge is 2.34. The minimum Gasteiger partial charge on any atom is -0.507 e. The van der Waals surface area contributed by atoms with E-state index in [1.165, 1.54) is 0 Å². The summed E-state index contributed by atoms with van der Waals surface area (Å²) in [5, 5.41) is 14.9. The van der Waals surface area contributed by atoms with Crippen LogP contribution >= 0.6 is 24.8 Å². The van der Waals surface area contributed by atoms with E-state index in [1.54, 1.807) is 12.1 Å². The molecule has 2 aliphatic rings. The average molecular weight is 463 g/mol. The van der Waals surface area contributed by atoms with Crippen LogP contribution in [0.2, 0.25) is 0 Å². The number of halogens is 2. The van der Waals surface area contributed by atoms with Crippen LogP contribution in [0.5, 0.6) is 11.5 Å². The quantitative estimate of drug-likeness (QED) is 0.564. The van der Waals surface area contributed by atoms with Gasteiger partial charge in [-0.15, -0.1) is 24.8 Å². The van der Waals surface area contributed by atoms with Crippen LogP contribution in [-0.4, -0.2) is 42.0 Å². The molecule has 0 amide bonds. The van der Waals surface area contributed by atoms with Gasteiger partial charge in [0.15, 0.2) is 5.76 Å². The number of para-hydroxylation sites is 1. The third kappa shape index (κ3) is 4.29. The number of phenolic OH excluding ortho intramolecular Hbond substituents is 1. The van der Waals surface area contributed by atoms with Gasteiger partial charge in [0.1, 0.15) is 22.8 Å². The number of aromatic hydroxyl groups is 1. The molecule has 0 atom stereocenters. The molecule has 5 rings (SSSR count). The first kappa shape index (κ1) is 23.2. The molecular weight excluding hydrogens is 439 g/mol. The Morgan fingerprint density at radius 1 is 1.16 bits per heavy atom. The van der Waals surface area contributed by atoms with Gasteiger partial charge in [0.2, 0.25) is 5.78 Å². The van der Waals surface area contributed by atoms with E-state index in [9.17, 15) is 9.90 Å². The topological polar surface area (TPSA) is 74.9 Å². The Bertz CT molecular complexity index is 1120. The molecule has 2 aromatic carbocycles. The van der Waals surface area contributed by atoms with Crippen molar-refractivity contribution in [2.24, 2.45) is 0 Å². The first-order valence-corrected chi connectivity index (χ1v) is 9.81. The fraction of sp³-hybridized carbons (Fsp3) is 0.261. The number of nitrogens with one attached hydrogen (secondary N) is 1. The molecule has 2 N–H and O–H groups in total. The minimum atomic E-state index is -0.181. The summed E-state index contributed by atoms with van der Waals surface area (Å²) in [4.78, 5) is 15.3. The van der Waals surface area contributed by atoms with Gasteiger partial charge in [-0.05, 0) is 30.7 Å². The van der Waals surface area contributed by atoms with Gasteiger partial charge in [-0.1, -0.05) is 18.2 Å². The molecule has 1 fully saturated rings. The first-order chi connectivity index (χ1) is 14.1. The zero-order chi connectivity index (χ0) is 20.0. The van der Waals surface area contributed by atoms with Crippen molar-refractivity contribution in [1.82, 2.24) is 10.2 Å². The summed E-state index contributed by atoms with van der Waals surface area (Å²) in [7, 11) is 0. The normalized spacial score (nSPS) is 17.2. The maximum Gasteiger partial charge on any atom is 0.232 e. The molecule has 0 spiro atoms. The van der Waals surface area contributed by atoms with Crippen molar-refractivity contribution in [3.63, 3.8) is 0 Å². The highest BCUT2D eigenvalue weighted by atomic mass is 35.5. The van der Waals surface area contributed by atoms with E-state index in [-0.39, 0.29) is 42.1 Å².